The fourth-order valence-electron chi connectivity index (χ4n) is 2.05. The van der Waals surface area contributed by atoms with Crippen molar-refractivity contribution >= 4 is 17.5 Å². The molecule has 1 aromatic carbocycles. The molecule has 0 bridgehead atoms. The Balaban J connectivity index is 2.68. The zero-order valence-electron chi connectivity index (χ0n) is 13.4. The summed E-state index contributed by atoms with van der Waals surface area (Å²) in [7, 11) is 0. The summed E-state index contributed by atoms with van der Waals surface area (Å²) < 4.78 is 0. The third kappa shape index (κ3) is 5.95. The van der Waals surface area contributed by atoms with E-state index in [0.717, 1.165) is 11.3 Å². The van der Waals surface area contributed by atoms with Gasteiger partial charge in [-0.1, -0.05) is 12.1 Å². The molecule has 2 amide bonds. The summed E-state index contributed by atoms with van der Waals surface area (Å²) in [5.41, 5.74) is 1.78. The maximum Gasteiger partial charge on any atom is 0.237 e. The molecule has 0 saturated carbocycles. The maximum atomic E-state index is 11.9. The second-order valence-corrected chi connectivity index (χ2v) is 5.58. The number of carbonyl (C=O) groups excluding carboxylic acids is 2. The highest BCUT2D eigenvalue weighted by molar-refractivity contribution is 5.88. The zero-order valence-corrected chi connectivity index (χ0v) is 13.4. The molecule has 1 aromatic rings. The molecule has 0 fully saturated rings. The molecule has 2 unspecified atom stereocenters. The third-order valence-corrected chi connectivity index (χ3v) is 3.03. The van der Waals surface area contributed by atoms with Crippen LogP contribution in [-0.2, 0) is 9.59 Å². The molecule has 0 saturated heterocycles. The van der Waals surface area contributed by atoms with Crippen LogP contribution in [0.3, 0.4) is 0 Å². The van der Waals surface area contributed by atoms with Crippen LogP contribution in [0.2, 0.25) is 0 Å². The van der Waals surface area contributed by atoms with E-state index in [2.05, 4.69) is 16.0 Å². The van der Waals surface area contributed by atoms with Crippen LogP contribution >= 0.6 is 0 Å². The Morgan fingerprint density at radius 1 is 1.10 bits per heavy atom. The van der Waals surface area contributed by atoms with E-state index in [4.69, 9.17) is 0 Å². The number of hydrogen-bond acceptors (Lipinski definition) is 3. The van der Waals surface area contributed by atoms with E-state index >= 15 is 0 Å². The second-order valence-electron chi connectivity index (χ2n) is 5.58. The van der Waals surface area contributed by atoms with Gasteiger partial charge in [0.05, 0.1) is 6.04 Å². The molecule has 0 aliphatic carbocycles. The van der Waals surface area contributed by atoms with Crippen molar-refractivity contribution in [2.45, 2.75) is 52.7 Å². The van der Waals surface area contributed by atoms with Crippen molar-refractivity contribution in [3.63, 3.8) is 0 Å². The lowest BCUT2D eigenvalue weighted by Crippen LogP contribution is -2.45. The molecular weight excluding hydrogens is 266 g/mol. The van der Waals surface area contributed by atoms with Crippen LogP contribution in [0.15, 0.2) is 24.3 Å². The summed E-state index contributed by atoms with van der Waals surface area (Å²) in [6.07, 6.45) is 0. The van der Waals surface area contributed by atoms with E-state index in [0.29, 0.717) is 0 Å². The molecule has 0 heterocycles. The second kappa shape index (κ2) is 7.78. The molecule has 0 aliphatic rings. The van der Waals surface area contributed by atoms with Gasteiger partial charge < -0.3 is 10.6 Å². The molecule has 0 spiro atoms. The standard InChI is InChI=1S/C16H25N3O2/c1-10(2)17-16(21)12(4)18-11(3)14-7-6-8-15(9-14)19-13(5)20/h6-12,18H,1-5H3,(H,17,21)(H,19,20). The predicted molar refractivity (Wildman–Crippen MR) is 85.0 cm³/mol. The van der Waals surface area contributed by atoms with E-state index < -0.39 is 0 Å². The molecular formula is C16H25N3O2. The summed E-state index contributed by atoms with van der Waals surface area (Å²) in [4.78, 5) is 23.0. The van der Waals surface area contributed by atoms with Gasteiger partial charge in [-0.3, -0.25) is 14.9 Å². The fourth-order valence-corrected chi connectivity index (χ4v) is 2.05. The number of benzene rings is 1. The van der Waals surface area contributed by atoms with E-state index in [1.165, 1.54) is 6.92 Å². The average molecular weight is 291 g/mol. The molecule has 3 N–H and O–H groups in total. The van der Waals surface area contributed by atoms with Crippen LogP contribution in [-0.4, -0.2) is 23.9 Å². The Kier molecular flexibility index (Phi) is 6.37. The molecule has 21 heavy (non-hydrogen) atoms. The van der Waals surface area contributed by atoms with Gasteiger partial charge in [-0.2, -0.15) is 0 Å². The summed E-state index contributed by atoms with van der Waals surface area (Å²) >= 11 is 0. The van der Waals surface area contributed by atoms with Gasteiger partial charge in [-0.15, -0.1) is 0 Å². The molecule has 2 atom stereocenters. The highest BCUT2D eigenvalue weighted by Gasteiger charge is 2.16. The molecule has 5 heteroatoms. The number of nitrogens with one attached hydrogen (secondary N) is 3. The van der Waals surface area contributed by atoms with Crippen LogP contribution in [0, 0.1) is 0 Å². The van der Waals surface area contributed by atoms with Gasteiger partial charge >= 0.3 is 0 Å². The van der Waals surface area contributed by atoms with Gasteiger partial charge in [0.2, 0.25) is 11.8 Å². The SMILES string of the molecule is CC(=O)Nc1cccc(C(C)NC(C)C(=O)NC(C)C)c1. The van der Waals surface area contributed by atoms with Crippen molar-refractivity contribution in [2.75, 3.05) is 5.32 Å². The molecule has 0 aliphatic heterocycles. The number of amides is 2. The Morgan fingerprint density at radius 2 is 1.76 bits per heavy atom. The summed E-state index contributed by atoms with van der Waals surface area (Å²) in [5.74, 6) is -0.118. The van der Waals surface area contributed by atoms with E-state index in [1.807, 2.05) is 52.0 Å². The van der Waals surface area contributed by atoms with E-state index in [-0.39, 0.29) is 29.9 Å². The van der Waals surface area contributed by atoms with E-state index in [9.17, 15) is 9.59 Å². The molecule has 1 rings (SSSR count). The lowest BCUT2D eigenvalue weighted by molar-refractivity contribution is -0.123. The maximum absolute atomic E-state index is 11.9. The van der Waals surface area contributed by atoms with Crippen LogP contribution in [0.4, 0.5) is 5.69 Å². The minimum Gasteiger partial charge on any atom is -0.353 e. The number of anilines is 1. The molecule has 0 radical (unpaired) electrons. The van der Waals surface area contributed by atoms with Crippen LogP contribution in [0.5, 0.6) is 0 Å². The Bertz CT molecular complexity index is 500. The highest BCUT2D eigenvalue weighted by Crippen LogP contribution is 2.18. The van der Waals surface area contributed by atoms with Crippen molar-refractivity contribution in [1.82, 2.24) is 10.6 Å². The average Bonchev–Trinajstić information content (AvgIpc) is 2.37. The first-order valence-electron chi connectivity index (χ1n) is 7.23. The van der Waals surface area contributed by atoms with E-state index in [1.54, 1.807) is 0 Å². The van der Waals surface area contributed by atoms with Gasteiger partial charge in [0.25, 0.3) is 0 Å². The Morgan fingerprint density at radius 3 is 2.33 bits per heavy atom. The minimum absolute atomic E-state index is 0.00613. The van der Waals surface area contributed by atoms with Gasteiger partial charge in [-0.05, 0) is 45.4 Å². The lowest BCUT2D eigenvalue weighted by Gasteiger charge is -2.21. The smallest absolute Gasteiger partial charge is 0.237 e. The topological polar surface area (TPSA) is 70.2 Å². The summed E-state index contributed by atoms with van der Waals surface area (Å²) in [6, 6.07) is 7.45. The normalized spacial score (nSPS) is 13.6. The van der Waals surface area contributed by atoms with Gasteiger partial charge in [-0.25, -0.2) is 0 Å². The summed E-state index contributed by atoms with van der Waals surface area (Å²) in [6.45, 7) is 9.18. The zero-order chi connectivity index (χ0) is 16.0. The van der Waals surface area contributed by atoms with Gasteiger partial charge in [0.15, 0.2) is 0 Å². The van der Waals surface area contributed by atoms with Crippen molar-refractivity contribution in [1.29, 1.82) is 0 Å². The first-order chi connectivity index (χ1) is 9.79. The highest BCUT2D eigenvalue weighted by atomic mass is 16.2. The minimum atomic E-state index is -0.285. The van der Waals surface area contributed by atoms with Gasteiger partial charge in [0.1, 0.15) is 0 Å². The summed E-state index contributed by atoms with van der Waals surface area (Å²) in [5, 5.41) is 8.89. The van der Waals surface area contributed by atoms with Crippen molar-refractivity contribution in [2.24, 2.45) is 0 Å². The predicted octanol–water partition coefficient (Wildman–Crippen LogP) is 2.21. The van der Waals surface area contributed by atoms with Crippen molar-refractivity contribution < 1.29 is 9.59 Å². The molecule has 116 valence electrons. The third-order valence-electron chi connectivity index (χ3n) is 3.03. The number of carbonyl (C=O) groups is 2. The fraction of sp³-hybridized carbons (Fsp3) is 0.500. The van der Waals surface area contributed by atoms with Gasteiger partial charge in [0, 0.05) is 24.7 Å². The van der Waals surface area contributed by atoms with Crippen LogP contribution < -0.4 is 16.0 Å². The first-order valence-corrected chi connectivity index (χ1v) is 7.23. The Hall–Kier alpha value is -1.88. The molecule has 5 nitrogen and oxygen atoms in total. The first kappa shape index (κ1) is 17.2. The van der Waals surface area contributed by atoms with Crippen LogP contribution in [0.25, 0.3) is 0 Å². The quantitative estimate of drug-likeness (QED) is 0.752. The van der Waals surface area contributed by atoms with Crippen LogP contribution in [0.1, 0.15) is 46.2 Å². The molecule has 0 aromatic heterocycles. The lowest BCUT2D eigenvalue weighted by atomic mass is 10.1. The van der Waals surface area contributed by atoms with Crippen molar-refractivity contribution in [3.8, 4) is 0 Å². The number of rotatable bonds is 6. The monoisotopic (exact) mass is 291 g/mol. The Labute approximate surface area is 126 Å². The largest absolute Gasteiger partial charge is 0.353 e. The number of hydrogen-bond donors (Lipinski definition) is 3. The van der Waals surface area contributed by atoms with Crippen molar-refractivity contribution in [3.05, 3.63) is 29.8 Å².